The number of benzene rings is 8. The Morgan fingerprint density at radius 3 is 0.714 bits per heavy atom. The zero-order chi connectivity index (χ0) is 28.2. The fourth-order valence-electron chi connectivity index (χ4n) is 6.70. The third-order valence-electron chi connectivity index (χ3n) is 8.28. The summed E-state index contributed by atoms with van der Waals surface area (Å²) in [5.41, 5.74) is 9.24. The molecule has 0 bridgehead atoms. The number of halogens is 2. The van der Waals surface area contributed by atoms with E-state index in [1.54, 1.807) is 0 Å². The lowest BCUT2D eigenvalue weighted by molar-refractivity contribution is 1.61. The van der Waals surface area contributed by atoms with Gasteiger partial charge < -0.3 is 0 Å². The Bertz CT molecular complexity index is 1910. The molecular weight excluding hydrogens is 551 g/mol. The maximum Gasteiger partial charge on any atom is 0.0418 e. The van der Waals surface area contributed by atoms with Crippen molar-refractivity contribution < 1.29 is 0 Å². The van der Waals surface area contributed by atoms with Crippen LogP contribution in [0.3, 0.4) is 0 Å². The van der Waals surface area contributed by atoms with Crippen LogP contribution >= 0.6 is 23.2 Å². The van der Waals surface area contributed by atoms with Crippen molar-refractivity contribution in [2.45, 2.75) is 0 Å². The zero-order valence-corrected chi connectivity index (χ0v) is 24.1. The summed E-state index contributed by atoms with van der Waals surface area (Å²) < 4.78 is 0. The van der Waals surface area contributed by atoms with Crippen molar-refractivity contribution >= 4 is 55.5 Å². The van der Waals surface area contributed by atoms with E-state index in [1.165, 1.54) is 10.8 Å². The van der Waals surface area contributed by atoms with E-state index in [0.29, 0.717) is 10.0 Å². The molecule has 198 valence electrons. The van der Waals surface area contributed by atoms with Crippen molar-refractivity contribution in [1.29, 1.82) is 0 Å². The largest absolute Gasteiger partial charge is 0.0843 e. The van der Waals surface area contributed by atoms with Crippen molar-refractivity contribution in [1.82, 2.24) is 0 Å². The molecule has 8 aromatic carbocycles. The van der Waals surface area contributed by atoms with E-state index >= 15 is 0 Å². The third-order valence-corrected chi connectivity index (χ3v) is 8.72. The highest BCUT2D eigenvalue weighted by molar-refractivity contribution is 6.41. The van der Waals surface area contributed by atoms with Gasteiger partial charge in [-0.25, -0.2) is 0 Å². The third kappa shape index (κ3) is 3.91. The SMILES string of the molecule is Clc1cc2c(-c3ccccc3)c(-c3ccccc3)c3cc(Cl)cc4c(-c5ccccc5)c(-c5ccccc5)c(c1)c2c34. The number of rotatable bonds is 4. The smallest absolute Gasteiger partial charge is 0.0418 e. The van der Waals surface area contributed by atoms with Crippen molar-refractivity contribution in [3.8, 4) is 44.5 Å². The number of hydrogen-bond donors (Lipinski definition) is 0. The van der Waals surface area contributed by atoms with E-state index in [9.17, 15) is 0 Å². The molecular formula is C40H24Cl2. The van der Waals surface area contributed by atoms with Gasteiger partial charge in [-0.2, -0.15) is 0 Å². The molecule has 2 heteroatoms. The second-order valence-corrected chi connectivity index (χ2v) is 11.6. The summed E-state index contributed by atoms with van der Waals surface area (Å²) in [4.78, 5) is 0. The second kappa shape index (κ2) is 10.0. The molecule has 0 amide bonds. The molecule has 0 fully saturated rings. The molecule has 0 saturated heterocycles. The standard InChI is InChI=1S/C40H24Cl2/c41-29-21-31-35(25-13-5-1-6-14-25)36(26-15-7-2-8-16-26)32-22-30(42)24-34-38(28-19-11-4-12-20-28)37(27-17-9-3-10-18-27)33(23-29)39(31)40(32)34/h1-24H. The lowest BCUT2D eigenvalue weighted by atomic mass is 9.78. The van der Waals surface area contributed by atoms with Gasteiger partial charge >= 0.3 is 0 Å². The van der Waals surface area contributed by atoms with Crippen LogP contribution < -0.4 is 0 Å². The van der Waals surface area contributed by atoms with Crippen LogP contribution in [0.5, 0.6) is 0 Å². The lowest BCUT2D eigenvalue weighted by Gasteiger charge is -2.25. The average Bonchev–Trinajstić information content (AvgIpc) is 3.04. The lowest BCUT2D eigenvalue weighted by Crippen LogP contribution is -1.98. The molecule has 0 nitrogen and oxygen atoms in total. The Morgan fingerprint density at radius 2 is 0.500 bits per heavy atom. The highest BCUT2D eigenvalue weighted by Crippen LogP contribution is 2.54. The molecule has 42 heavy (non-hydrogen) atoms. The molecule has 0 heterocycles. The van der Waals surface area contributed by atoms with Gasteiger partial charge in [-0.05, 0) is 101 Å². The summed E-state index contributed by atoms with van der Waals surface area (Å²) in [6.45, 7) is 0. The van der Waals surface area contributed by atoms with Crippen LogP contribution in [0.25, 0.3) is 76.8 Å². The zero-order valence-electron chi connectivity index (χ0n) is 22.6. The molecule has 0 radical (unpaired) electrons. The summed E-state index contributed by atoms with van der Waals surface area (Å²) in [6.07, 6.45) is 0. The summed E-state index contributed by atoms with van der Waals surface area (Å²) in [5.74, 6) is 0. The van der Waals surface area contributed by atoms with Crippen LogP contribution in [-0.4, -0.2) is 0 Å². The minimum Gasteiger partial charge on any atom is -0.0843 e. The van der Waals surface area contributed by atoms with E-state index in [4.69, 9.17) is 23.2 Å². The summed E-state index contributed by atoms with van der Waals surface area (Å²) in [5, 5.41) is 8.39. The number of hydrogen-bond acceptors (Lipinski definition) is 0. The molecule has 0 spiro atoms. The van der Waals surface area contributed by atoms with Gasteiger partial charge in [-0.3, -0.25) is 0 Å². The molecule has 0 aliphatic heterocycles. The molecule has 8 aromatic rings. The van der Waals surface area contributed by atoms with Crippen molar-refractivity contribution in [3.05, 3.63) is 156 Å². The van der Waals surface area contributed by atoms with Gasteiger partial charge in [0.1, 0.15) is 0 Å². The molecule has 0 aliphatic rings. The Morgan fingerprint density at radius 1 is 0.286 bits per heavy atom. The molecule has 8 rings (SSSR count). The Hall–Kier alpha value is -4.62. The first kappa shape index (κ1) is 25.1. The monoisotopic (exact) mass is 574 g/mol. The summed E-state index contributed by atoms with van der Waals surface area (Å²) >= 11 is 14.1. The van der Waals surface area contributed by atoms with Crippen LogP contribution in [0.15, 0.2) is 146 Å². The van der Waals surface area contributed by atoms with Gasteiger partial charge in [-0.1, -0.05) is 145 Å². The predicted molar refractivity (Wildman–Crippen MR) is 182 cm³/mol. The maximum atomic E-state index is 7.06. The molecule has 0 aliphatic carbocycles. The molecule has 0 atom stereocenters. The first-order valence-electron chi connectivity index (χ1n) is 14.1. The van der Waals surface area contributed by atoms with E-state index in [2.05, 4.69) is 146 Å². The normalized spacial score (nSPS) is 11.6. The molecule has 0 N–H and O–H groups in total. The Labute approximate surface area is 254 Å². The topological polar surface area (TPSA) is 0 Å². The summed E-state index contributed by atoms with van der Waals surface area (Å²) in [7, 11) is 0. The molecule has 0 unspecified atom stereocenters. The van der Waals surface area contributed by atoms with Crippen LogP contribution in [0.1, 0.15) is 0 Å². The van der Waals surface area contributed by atoms with Crippen LogP contribution in [0.2, 0.25) is 10.0 Å². The predicted octanol–water partition coefficient (Wildman–Crippen LogP) is 12.6. The minimum atomic E-state index is 0.714. The second-order valence-electron chi connectivity index (χ2n) is 10.7. The van der Waals surface area contributed by atoms with Gasteiger partial charge in [-0.15, -0.1) is 0 Å². The van der Waals surface area contributed by atoms with E-state index in [1.807, 2.05) is 0 Å². The van der Waals surface area contributed by atoms with Crippen LogP contribution in [0.4, 0.5) is 0 Å². The van der Waals surface area contributed by atoms with Gasteiger partial charge in [0.05, 0.1) is 0 Å². The van der Waals surface area contributed by atoms with Crippen molar-refractivity contribution in [2.24, 2.45) is 0 Å². The first-order chi connectivity index (χ1) is 20.7. The van der Waals surface area contributed by atoms with Crippen molar-refractivity contribution in [3.63, 3.8) is 0 Å². The first-order valence-corrected chi connectivity index (χ1v) is 14.8. The van der Waals surface area contributed by atoms with Gasteiger partial charge in [0.25, 0.3) is 0 Å². The van der Waals surface area contributed by atoms with E-state index in [0.717, 1.165) is 66.1 Å². The van der Waals surface area contributed by atoms with E-state index < -0.39 is 0 Å². The molecule has 0 aromatic heterocycles. The van der Waals surface area contributed by atoms with Crippen LogP contribution in [-0.2, 0) is 0 Å². The summed E-state index contributed by atoms with van der Waals surface area (Å²) in [6, 6.07) is 51.1. The Kier molecular flexibility index (Phi) is 6.00. The van der Waals surface area contributed by atoms with Gasteiger partial charge in [0.2, 0.25) is 0 Å². The highest BCUT2D eigenvalue weighted by atomic mass is 35.5. The quantitative estimate of drug-likeness (QED) is 0.183. The molecule has 0 saturated carbocycles. The average molecular weight is 576 g/mol. The maximum absolute atomic E-state index is 7.06. The fourth-order valence-corrected chi connectivity index (χ4v) is 7.13. The van der Waals surface area contributed by atoms with Gasteiger partial charge in [0, 0.05) is 10.0 Å². The van der Waals surface area contributed by atoms with E-state index in [-0.39, 0.29) is 0 Å². The van der Waals surface area contributed by atoms with Crippen molar-refractivity contribution in [2.75, 3.05) is 0 Å². The highest BCUT2D eigenvalue weighted by Gasteiger charge is 2.26. The van der Waals surface area contributed by atoms with Gasteiger partial charge in [0.15, 0.2) is 0 Å². The van der Waals surface area contributed by atoms with Crippen LogP contribution in [0, 0.1) is 0 Å². The minimum absolute atomic E-state index is 0.714. The Balaban J connectivity index is 1.72. The fraction of sp³-hybridized carbons (Fsp3) is 0.